The third-order valence-corrected chi connectivity index (χ3v) is 7.54. The van der Waals surface area contributed by atoms with Crippen LogP contribution < -0.4 is 9.47 Å². The van der Waals surface area contributed by atoms with Crippen molar-refractivity contribution in [1.29, 1.82) is 0 Å². The van der Waals surface area contributed by atoms with Crippen LogP contribution in [0.25, 0.3) is 0 Å². The van der Waals surface area contributed by atoms with E-state index in [-0.39, 0.29) is 23.0 Å². The Morgan fingerprint density at radius 1 is 0.692 bits per heavy atom. The van der Waals surface area contributed by atoms with Crippen LogP contribution in [0.5, 0.6) is 23.0 Å². The van der Waals surface area contributed by atoms with Gasteiger partial charge in [0.1, 0.15) is 24.4 Å². The number of aromatic hydroxyl groups is 2. The van der Waals surface area contributed by atoms with Gasteiger partial charge in [-0.25, -0.2) is 0 Å². The summed E-state index contributed by atoms with van der Waals surface area (Å²) in [5, 5.41) is 71.7. The fraction of sp³-hybridized carbons (Fsp3) is 0.538. The molecule has 11 atom stereocenters. The first-order chi connectivity index (χ1) is 18.7. The maximum Gasteiger partial charge on any atom is 0.189 e. The molecule has 13 heteroatoms. The van der Waals surface area contributed by atoms with Gasteiger partial charge >= 0.3 is 0 Å². The number of benzene rings is 2. The highest BCUT2D eigenvalue weighted by Gasteiger charge is 2.60. The molecule has 0 aromatic heterocycles. The Balaban J connectivity index is 1.51. The summed E-state index contributed by atoms with van der Waals surface area (Å²) >= 11 is 0. The standard InChI is InChI=1S/C26H32O13/c1-34-14-7-10(3-5-12(14)28)22-17-18(23(37-24(17)33)11-4-6-13(29)15(8-11)35-2)25(38-22)39-26-21(32)20(31)19(30)16(9-27)36-26/h3-8,16-33H,9H2,1-2H3/t16-,17-,18-,19+,20-,21-,22+,23+,24-,25-,26-/m1/s1. The van der Waals surface area contributed by atoms with Gasteiger partial charge in [0.25, 0.3) is 0 Å². The van der Waals surface area contributed by atoms with Gasteiger partial charge in [-0.3, -0.25) is 0 Å². The number of aliphatic hydroxyl groups is 5. The van der Waals surface area contributed by atoms with Crippen molar-refractivity contribution in [3.63, 3.8) is 0 Å². The number of methoxy groups -OCH3 is 2. The molecule has 0 saturated carbocycles. The van der Waals surface area contributed by atoms with Gasteiger partial charge in [-0.15, -0.1) is 0 Å². The molecule has 0 bridgehead atoms. The van der Waals surface area contributed by atoms with Crippen LogP contribution in [-0.4, -0.2) is 99.9 Å². The van der Waals surface area contributed by atoms with E-state index in [0.717, 1.165) is 0 Å². The highest BCUT2D eigenvalue weighted by Crippen LogP contribution is 2.57. The molecule has 0 aliphatic carbocycles. The first kappa shape index (κ1) is 27.8. The zero-order valence-electron chi connectivity index (χ0n) is 21.1. The van der Waals surface area contributed by atoms with Crippen molar-refractivity contribution in [1.82, 2.24) is 0 Å². The predicted octanol–water partition coefficient (Wildman–Crippen LogP) is -0.349. The summed E-state index contributed by atoms with van der Waals surface area (Å²) in [6.07, 6.45) is -11.8. The summed E-state index contributed by atoms with van der Waals surface area (Å²) in [7, 11) is 2.79. The van der Waals surface area contributed by atoms with Crippen molar-refractivity contribution < 1.29 is 64.2 Å². The molecule has 3 aliphatic rings. The number of hydrogen-bond donors (Lipinski definition) is 7. The van der Waals surface area contributed by atoms with Gasteiger partial charge < -0.3 is 64.2 Å². The Labute approximate surface area is 223 Å². The van der Waals surface area contributed by atoms with Crippen molar-refractivity contribution in [3.05, 3.63) is 47.5 Å². The predicted molar refractivity (Wildman–Crippen MR) is 129 cm³/mol. The lowest BCUT2D eigenvalue weighted by molar-refractivity contribution is -0.342. The van der Waals surface area contributed by atoms with E-state index in [9.17, 15) is 35.7 Å². The van der Waals surface area contributed by atoms with E-state index in [2.05, 4.69) is 0 Å². The molecule has 13 nitrogen and oxygen atoms in total. The minimum Gasteiger partial charge on any atom is -0.504 e. The summed E-state index contributed by atoms with van der Waals surface area (Å²) in [4.78, 5) is 0. The van der Waals surface area contributed by atoms with Crippen LogP contribution in [0.3, 0.4) is 0 Å². The Morgan fingerprint density at radius 2 is 1.26 bits per heavy atom. The molecule has 3 aliphatic heterocycles. The third-order valence-electron chi connectivity index (χ3n) is 7.54. The van der Waals surface area contributed by atoms with Crippen LogP contribution in [0.1, 0.15) is 23.3 Å². The molecule has 39 heavy (non-hydrogen) atoms. The molecule has 2 aromatic carbocycles. The van der Waals surface area contributed by atoms with Crippen molar-refractivity contribution >= 4 is 0 Å². The summed E-state index contributed by atoms with van der Waals surface area (Å²) < 4.78 is 34.2. The number of ether oxygens (including phenoxy) is 6. The molecule has 3 fully saturated rings. The van der Waals surface area contributed by atoms with Crippen molar-refractivity contribution in [2.24, 2.45) is 11.8 Å². The van der Waals surface area contributed by atoms with Crippen molar-refractivity contribution in [3.8, 4) is 23.0 Å². The van der Waals surface area contributed by atoms with Crippen LogP contribution in [0.2, 0.25) is 0 Å². The van der Waals surface area contributed by atoms with Crippen molar-refractivity contribution in [2.75, 3.05) is 20.8 Å². The van der Waals surface area contributed by atoms with E-state index in [1.807, 2.05) is 0 Å². The Morgan fingerprint density at radius 3 is 1.79 bits per heavy atom. The highest BCUT2D eigenvalue weighted by molar-refractivity contribution is 5.44. The summed E-state index contributed by atoms with van der Waals surface area (Å²) in [5.41, 5.74) is 1.07. The second kappa shape index (κ2) is 11.0. The largest absolute Gasteiger partial charge is 0.504 e. The third kappa shape index (κ3) is 4.90. The lowest BCUT2D eigenvalue weighted by Gasteiger charge is -2.41. The van der Waals surface area contributed by atoms with Gasteiger partial charge in [-0.2, -0.15) is 0 Å². The van der Waals surface area contributed by atoms with Crippen LogP contribution in [0.4, 0.5) is 0 Å². The number of fused-ring (bicyclic) bond motifs is 1. The molecule has 214 valence electrons. The van der Waals surface area contributed by atoms with E-state index < -0.39 is 73.9 Å². The summed E-state index contributed by atoms with van der Waals surface area (Å²) in [5.74, 6) is -1.27. The number of phenolic OH excluding ortho intramolecular Hbond substituents is 2. The zero-order valence-corrected chi connectivity index (χ0v) is 21.1. The average molecular weight is 553 g/mol. The van der Waals surface area contributed by atoms with E-state index in [4.69, 9.17) is 28.4 Å². The molecule has 0 radical (unpaired) electrons. The van der Waals surface area contributed by atoms with E-state index in [1.165, 1.54) is 26.4 Å². The SMILES string of the molecule is COc1cc([C@@H]2O[C@@H](O)[C@@H]3[C@H]2[C@@H](O[C@H]2O[C@H](CO)[C@H](O)[C@@H](O)[C@H]2O)O[C@H]3c2ccc(O)c(OC)c2)ccc1O. The summed E-state index contributed by atoms with van der Waals surface area (Å²) in [6, 6.07) is 9.14. The number of rotatable bonds is 7. The first-order valence-corrected chi connectivity index (χ1v) is 12.4. The molecular formula is C26H32O13. The molecule has 0 amide bonds. The topological polar surface area (TPSA) is 197 Å². The molecular weight excluding hydrogens is 520 g/mol. The quantitative estimate of drug-likeness (QED) is 0.236. The summed E-state index contributed by atoms with van der Waals surface area (Å²) in [6.45, 7) is -0.643. The highest BCUT2D eigenvalue weighted by atomic mass is 16.8. The number of hydrogen-bond acceptors (Lipinski definition) is 13. The molecule has 5 rings (SSSR count). The Kier molecular flexibility index (Phi) is 7.88. The zero-order chi connectivity index (χ0) is 28.0. The monoisotopic (exact) mass is 552 g/mol. The Hall–Kier alpha value is -2.72. The second-order valence-electron chi connectivity index (χ2n) is 9.72. The number of phenols is 2. The minimum atomic E-state index is -1.68. The van der Waals surface area contributed by atoms with Gasteiger partial charge in [0.2, 0.25) is 0 Å². The molecule has 7 N–H and O–H groups in total. The van der Waals surface area contributed by atoms with E-state index in [1.54, 1.807) is 24.3 Å². The normalized spacial score (nSPS) is 38.0. The maximum absolute atomic E-state index is 11.1. The second-order valence-corrected chi connectivity index (χ2v) is 9.72. The first-order valence-electron chi connectivity index (χ1n) is 12.4. The average Bonchev–Trinajstić information content (AvgIpc) is 3.48. The fourth-order valence-electron chi connectivity index (χ4n) is 5.50. The molecule has 2 aromatic rings. The van der Waals surface area contributed by atoms with Gasteiger partial charge in [-0.1, -0.05) is 12.1 Å². The van der Waals surface area contributed by atoms with Crippen LogP contribution >= 0.6 is 0 Å². The molecule has 3 saturated heterocycles. The van der Waals surface area contributed by atoms with Crippen LogP contribution in [0, 0.1) is 11.8 Å². The maximum atomic E-state index is 11.1. The van der Waals surface area contributed by atoms with Gasteiger partial charge in [0, 0.05) is 0 Å². The smallest absolute Gasteiger partial charge is 0.189 e. The fourth-order valence-corrected chi connectivity index (χ4v) is 5.50. The lowest BCUT2D eigenvalue weighted by atomic mass is 9.83. The lowest BCUT2D eigenvalue weighted by Crippen LogP contribution is -2.60. The van der Waals surface area contributed by atoms with E-state index >= 15 is 0 Å². The van der Waals surface area contributed by atoms with Crippen molar-refractivity contribution in [2.45, 2.75) is 55.5 Å². The molecule has 0 spiro atoms. The van der Waals surface area contributed by atoms with Crippen LogP contribution in [-0.2, 0) is 18.9 Å². The number of aliphatic hydroxyl groups excluding tert-OH is 5. The molecule has 3 heterocycles. The van der Waals surface area contributed by atoms with Crippen LogP contribution in [0.15, 0.2) is 36.4 Å². The van der Waals surface area contributed by atoms with E-state index in [0.29, 0.717) is 11.1 Å². The Bertz CT molecular complexity index is 1110. The van der Waals surface area contributed by atoms with Gasteiger partial charge in [0.15, 0.2) is 41.9 Å². The van der Waals surface area contributed by atoms with Gasteiger partial charge in [0.05, 0.1) is 44.9 Å². The molecule has 0 unspecified atom stereocenters. The minimum absolute atomic E-state index is 0.0952. The van der Waals surface area contributed by atoms with Gasteiger partial charge in [-0.05, 0) is 35.4 Å².